The van der Waals surface area contributed by atoms with Crippen molar-refractivity contribution in [2.45, 2.75) is 31.1 Å². The van der Waals surface area contributed by atoms with Crippen LogP contribution in [-0.2, 0) is 10.2 Å². The maximum atomic E-state index is 13.1. The second kappa shape index (κ2) is 7.01. The number of piperidine rings is 1. The normalized spacial score (nSPS) is 18.9. The number of carbonyl (C=O) groups is 2. The molecule has 0 unspecified atom stereocenters. The monoisotopic (exact) mass is 383 g/mol. The Morgan fingerprint density at radius 3 is 2.11 bits per heavy atom. The van der Waals surface area contributed by atoms with Gasteiger partial charge in [-0.3, -0.25) is 9.59 Å². The molecule has 1 saturated heterocycles. The molecule has 1 aliphatic carbocycles. The highest BCUT2D eigenvalue weighted by Crippen LogP contribution is 2.50. The fraction of sp³-hybridized carbons (Fsp3) is 0.364. The zero-order chi connectivity index (χ0) is 19.0. The van der Waals surface area contributed by atoms with Gasteiger partial charge >= 0.3 is 0 Å². The third-order valence-electron chi connectivity index (χ3n) is 5.86. The highest BCUT2D eigenvalue weighted by Gasteiger charge is 2.53. The molecule has 140 valence electrons. The highest BCUT2D eigenvalue weighted by molar-refractivity contribution is 6.30. The molecule has 0 radical (unpaired) electrons. The van der Waals surface area contributed by atoms with Gasteiger partial charge in [0.05, 0.1) is 5.41 Å². The van der Waals surface area contributed by atoms with Gasteiger partial charge in [0.1, 0.15) is 5.75 Å². The summed E-state index contributed by atoms with van der Waals surface area (Å²) in [6, 6.07) is 14.0. The summed E-state index contributed by atoms with van der Waals surface area (Å²) in [5, 5.41) is 10.0. The highest BCUT2D eigenvalue weighted by atomic mass is 35.5. The summed E-state index contributed by atoms with van der Waals surface area (Å²) in [5.74, 6) is 0.370. The molecule has 1 aliphatic heterocycles. The van der Waals surface area contributed by atoms with Crippen molar-refractivity contribution in [2.24, 2.45) is 5.92 Å². The van der Waals surface area contributed by atoms with Crippen LogP contribution in [0, 0.1) is 5.92 Å². The Kier molecular flexibility index (Phi) is 4.68. The van der Waals surface area contributed by atoms with Crippen LogP contribution in [0.25, 0.3) is 0 Å². The third-order valence-corrected chi connectivity index (χ3v) is 6.11. The Morgan fingerprint density at radius 2 is 1.56 bits per heavy atom. The lowest BCUT2D eigenvalue weighted by Gasteiger charge is -2.34. The molecular formula is C22H22ClNO3. The molecule has 27 heavy (non-hydrogen) atoms. The van der Waals surface area contributed by atoms with Gasteiger partial charge in [-0.2, -0.15) is 0 Å². The van der Waals surface area contributed by atoms with E-state index >= 15 is 0 Å². The van der Waals surface area contributed by atoms with Gasteiger partial charge in [0.25, 0.3) is 0 Å². The van der Waals surface area contributed by atoms with Gasteiger partial charge in [-0.1, -0.05) is 23.7 Å². The topological polar surface area (TPSA) is 57.6 Å². The van der Waals surface area contributed by atoms with Crippen LogP contribution in [0.3, 0.4) is 0 Å². The van der Waals surface area contributed by atoms with Crippen molar-refractivity contribution in [3.05, 3.63) is 64.7 Å². The number of phenolic OH excluding ortho intramolecular Hbond substituents is 1. The van der Waals surface area contributed by atoms with Crippen LogP contribution in [0.5, 0.6) is 5.75 Å². The molecule has 0 bridgehead atoms. The van der Waals surface area contributed by atoms with Gasteiger partial charge in [0, 0.05) is 29.6 Å². The van der Waals surface area contributed by atoms with Crippen molar-refractivity contribution in [1.82, 2.24) is 4.90 Å². The molecule has 4 nitrogen and oxygen atoms in total. The SMILES string of the molecule is O=C(c1ccc(O)cc1)C1CCN(C(=O)C2(c3ccc(Cl)cc3)CC2)CC1. The number of amides is 1. The van der Waals surface area contributed by atoms with Crippen LogP contribution in [0.15, 0.2) is 48.5 Å². The number of rotatable bonds is 4. The van der Waals surface area contributed by atoms with Gasteiger partial charge < -0.3 is 10.0 Å². The third kappa shape index (κ3) is 3.46. The molecule has 0 aromatic heterocycles. The van der Waals surface area contributed by atoms with Crippen molar-refractivity contribution < 1.29 is 14.7 Å². The fourth-order valence-corrected chi connectivity index (χ4v) is 4.15. The van der Waals surface area contributed by atoms with E-state index in [2.05, 4.69) is 0 Å². The van der Waals surface area contributed by atoms with E-state index in [1.54, 1.807) is 12.1 Å². The minimum absolute atomic E-state index is 0.0655. The summed E-state index contributed by atoms with van der Waals surface area (Å²) in [5.41, 5.74) is 1.27. The van der Waals surface area contributed by atoms with E-state index in [1.165, 1.54) is 12.1 Å². The first-order chi connectivity index (χ1) is 13.0. The largest absolute Gasteiger partial charge is 0.508 e. The molecule has 0 spiro atoms. The summed E-state index contributed by atoms with van der Waals surface area (Å²) in [6.45, 7) is 1.23. The maximum Gasteiger partial charge on any atom is 0.233 e. The van der Waals surface area contributed by atoms with Crippen molar-refractivity contribution in [3.8, 4) is 5.75 Å². The number of hydrogen-bond donors (Lipinski definition) is 1. The number of halogens is 1. The quantitative estimate of drug-likeness (QED) is 0.805. The molecule has 4 rings (SSSR count). The van der Waals surface area contributed by atoms with E-state index in [0.29, 0.717) is 36.5 Å². The molecule has 1 heterocycles. The number of Topliss-reactive ketones (excluding diaryl/α,β-unsaturated/α-hetero) is 1. The standard InChI is InChI=1S/C22H22ClNO3/c23-18-5-3-17(4-6-18)22(11-12-22)21(27)24-13-9-16(10-14-24)20(26)15-1-7-19(25)8-2-15/h1-8,16,25H,9-14H2. The zero-order valence-corrected chi connectivity index (χ0v) is 15.8. The summed E-state index contributed by atoms with van der Waals surface area (Å²) in [4.78, 5) is 27.7. The lowest BCUT2D eigenvalue weighted by molar-refractivity contribution is -0.135. The average Bonchev–Trinajstić information content (AvgIpc) is 3.50. The first-order valence-electron chi connectivity index (χ1n) is 9.38. The number of ketones is 1. The molecule has 2 aromatic rings. The number of phenols is 1. The van der Waals surface area contributed by atoms with E-state index in [4.69, 9.17) is 11.6 Å². The zero-order valence-electron chi connectivity index (χ0n) is 15.0. The molecule has 2 aromatic carbocycles. The van der Waals surface area contributed by atoms with Crippen molar-refractivity contribution in [3.63, 3.8) is 0 Å². The van der Waals surface area contributed by atoms with Gasteiger partial charge in [-0.15, -0.1) is 0 Å². The molecule has 1 saturated carbocycles. The van der Waals surface area contributed by atoms with Crippen LogP contribution in [0.1, 0.15) is 41.6 Å². The number of benzene rings is 2. The van der Waals surface area contributed by atoms with E-state index in [9.17, 15) is 14.7 Å². The second-order valence-electron chi connectivity index (χ2n) is 7.57. The predicted molar refractivity (Wildman–Crippen MR) is 104 cm³/mol. The van der Waals surface area contributed by atoms with E-state index in [-0.39, 0.29) is 23.4 Å². The minimum Gasteiger partial charge on any atom is -0.508 e. The Balaban J connectivity index is 1.40. The van der Waals surface area contributed by atoms with Crippen molar-refractivity contribution >= 4 is 23.3 Å². The fourth-order valence-electron chi connectivity index (χ4n) is 4.03. The molecule has 5 heteroatoms. The van der Waals surface area contributed by atoms with Crippen LogP contribution >= 0.6 is 11.6 Å². The number of hydrogen-bond acceptors (Lipinski definition) is 3. The molecule has 1 N–H and O–H groups in total. The summed E-state index contributed by atoms with van der Waals surface area (Å²) >= 11 is 5.97. The molecule has 2 fully saturated rings. The number of carbonyl (C=O) groups excluding carboxylic acids is 2. The van der Waals surface area contributed by atoms with E-state index in [1.807, 2.05) is 29.2 Å². The second-order valence-corrected chi connectivity index (χ2v) is 8.00. The minimum atomic E-state index is -0.390. The molecule has 0 atom stereocenters. The number of aromatic hydroxyl groups is 1. The van der Waals surface area contributed by atoms with Gasteiger partial charge in [0.2, 0.25) is 5.91 Å². The Hall–Kier alpha value is -2.33. The van der Waals surface area contributed by atoms with E-state index < -0.39 is 5.41 Å². The van der Waals surface area contributed by atoms with Gasteiger partial charge in [-0.05, 0) is 67.6 Å². The molecular weight excluding hydrogens is 362 g/mol. The van der Waals surface area contributed by atoms with E-state index in [0.717, 1.165) is 18.4 Å². The number of likely N-dealkylation sites (tertiary alicyclic amines) is 1. The van der Waals surface area contributed by atoms with Crippen molar-refractivity contribution in [1.29, 1.82) is 0 Å². The Bertz CT molecular complexity index is 848. The summed E-state index contributed by atoms with van der Waals surface area (Å²) in [7, 11) is 0. The first-order valence-corrected chi connectivity index (χ1v) is 9.76. The van der Waals surface area contributed by atoms with Gasteiger partial charge in [-0.25, -0.2) is 0 Å². The van der Waals surface area contributed by atoms with Crippen LogP contribution in [0.4, 0.5) is 0 Å². The maximum absolute atomic E-state index is 13.1. The van der Waals surface area contributed by atoms with Crippen molar-refractivity contribution in [2.75, 3.05) is 13.1 Å². The van der Waals surface area contributed by atoms with Gasteiger partial charge in [0.15, 0.2) is 5.78 Å². The van der Waals surface area contributed by atoms with Crippen LogP contribution in [0.2, 0.25) is 5.02 Å². The average molecular weight is 384 g/mol. The lowest BCUT2D eigenvalue weighted by atomic mass is 9.87. The molecule has 2 aliphatic rings. The number of nitrogens with zero attached hydrogens (tertiary/aromatic N) is 1. The summed E-state index contributed by atoms with van der Waals surface area (Å²) < 4.78 is 0. The van der Waals surface area contributed by atoms with Crippen LogP contribution < -0.4 is 0 Å². The Labute approximate surface area is 163 Å². The first kappa shape index (κ1) is 18.1. The van der Waals surface area contributed by atoms with Crippen LogP contribution in [-0.4, -0.2) is 34.8 Å². The predicted octanol–water partition coefficient (Wildman–Crippen LogP) is 4.20. The molecule has 1 amide bonds. The lowest BCUT2D eigenvalue weighted by Crippen LogP contribution is -2.45. The smallest absolute Gasteiger partial charge is 0.233 e. The summed E-state index contributed by atoms with van der Waals surface area (Å²) in [6.07, 6.45) is 3.12. The Morgan fingerprint density at radius 1 is 0.963 bits per heavy atom.